The minimum absolute atomic E-state index is 0.267. The molecule has 82 valence electrons. The minimum atomic E-state index is -1.62. The van der Waals surface area contributed by atoms with Crippen LogP contribution in [0.2, 0.25) is 18.1 Å². The van der Waals surface area contributed by atoms with Gasteiger partial charge in [-0.15, -0.1) is 0 Å². The molecule has 0 radical (unpaired) electrons. The Morgan fingerprint density at radius 2 is 1.86 bits per heavy atom. The Hall–Kier alpha value is -0.503. The van der Waals surface area contributed by atoms with Crippen LogP contribution < -0.4 is 0 Å². The highest BCUT2D eigenvalue weighted by Gasteiger charge is 2.37. The van der Waals surface area contributed by atoms with E-state index in [1.54, 1.807) is 0 Å². The lowest BCUT2D eigenvalue weighted by molar-refractivity contribution is 0.426. The van der Waals surface area contributed by atoms with Crippen molar-refractivity contribution in [1.82, 2.24) is 0 Å². The van der Waals surface area contributed by atoms with Crippen molar-refractivity contribution in [2.75, 3.05) is 0 Å². The topological polar surface area (TPSA) is 9.23 Å². The summed E-state index contributed by atoms with van der Waals surface area (Å²) in [5.74, 6) is 0. The van der Waals surface area contributed by atoms with E-state index in [0.29, 0.717) is 0 Å². The molecular formula is C12H24OSi. The van der Waals surface area contributed by atoms with Gasteiger partial charge in [-0.2, -0.15) is 0 Å². The first-order chi connectivity index (χ1) is 6.24. The molecule has 0 saturated carbocycles. The standard InChI is InChI=1S/C12H24OSi/c1-8-11(9-2)10-13-14(6,7)12(3,4)5/h8,10H,1,9H2,2-7H3/b11-10-. The number of hydrogen-bond acceptors (Lipinski definition) is 1. The minimum Gasteiger partial charge on any atom is -0.549 e. The molecule has 0 aliphatic rings. The van der Waals surface area contributed by atoms with Gasteiger partial charge in [-0.25, -0.2) is 0 Å². The first-order valence-corrected chi connectivity index (χ1v) is 8.14. The average Bonchev–Trinajstić information content (AvgIpc) is 2.04. The van der Waals surface area contributed by atoms with E-state index in [9.17, 15) is 0 Å². The molecular weight excluding hydrogens is 188 g/mol. The molecule has 0 spiro atoms. The van der Waals surface area contributed by atoms with Gasteiger partial charge in [0.25, 0.3) is 0 Å². The van der Waals surface area contributed by atoms with Crippen LogP contribution in [-0.4, -0.2) is 8.32 Å². The monoisotopic (exact) mass is 212 g/mol. The lowest BCUT2D eigenvalue weighted by Crippen LogP contribution is -2.39. The molecule has 0 N–H and O–H groups in total. The van der Waals surface area contributed by atoms with E-state index >= 15 is 0 Å². The molecule has 0 bridgehead atoms. The largest absolute Gasteiger partial charge is 0.549 e. The maximum atomic E-state index is 5.94. The van der Waals surface area contributed by atoms with Crippen LogP contribution in [0.15, 0.2) is 24.5 Å². The van der Waals surface area contributed by atoms with Crippen LogP contribution in [0.4, 0.5) is 0 Å². The van der Waals surface area contributed by atoms with Crippen molar-refractivity contribution in [2.24, 2.45) is 0 Å². The molecule has 14 heavy (non-hydrogen) atoms. The maximum Gasteiger partial charge on any atom is 0.249 e. The second-order valence-corrected chi connectivity index (χ2v) is 9.88. The molecule has 0 aromatic heterocycles. The molecule has 0 fully saturated rings. The molecule has 2 heteroatoms. The molecule has 0 heterocycles. The van der Waals surface area contributed by atoms with Crippen LogP contribution in [0.3, 0.4) is 0 Å². The smallest absolute Gasteiger partial charge is 0.249 e. The summed E-state index contributed by atoms with van der Waals surface area (Å²) in [4.78, 5) is 0. The van der Waals surface area contributed by atoms with Crippen molar-refractivity contribution in [2.45, 2.75) is 52.2 Å². The zero-order chi connectivity index (χ0) is 11.4. The lowest BCUT2D eigenvalue weighted by Gasteiger charge is -2.35. The molecule has 0 aliphatic heterocycles. The number of rotatable bonds is 4. The second kappa shape index (κ2) is 4.83. The second-order valence-electron chi connectivity index (χ2n) is 5.13. The van der Waals surface area contributed by atoms with E-state index in [1.165, 1.54) is 5.57 Å². The third kappa shape index (κ3) is 3.70. The van der Waals surface area contributed by atoms with Gasteiger partial charge < -0.3 is 4.43 Å². The lowest BCUT2D eigenvalue weighted by atomic mass is 10.2. The summed E-state index contributed by atoms with van der Waals surface area (Å²) in [5.41, 5.74) is 1.18. The average molecular weight is 212 g/mol. The van der Waals surface area contributed by atoms with Gasteiger partial charge in [0.15, 0.2) is 0 Å². The Morgan fingerprint density at radius 3 is 2.14 bits per heavy atom. The van der Waals surface area contributed by atoms with Crippen LogP contribution in [0, 0.1) is 0 Å². The van der Waals surface area contributed by atoms with E-state index in [-0.39, 0.29) is 5.04 Å². The summed E-state index contributed by atoms with van der Waals surface area (Å²) in [7, 11) is -1.62. The van der Waals surface area contributed by atoms with Crippen molar-refractivity contribution < 1.29 is 4.43 Å². The number of hydrogen-bond donors (Lipinski definition) is 0. The Bertz CT molecular complexity index is 221. The van der Waals surface area contributed by atoms with E-state index in [0.717, 1.165) is 6.42 Å². The first-order valence-electron chi connectivity index (χ1n) is 5.24. The van der Waals surface area contributed by atoms with Crippen molar-refractivity contribution in [1.29, 1.82) is 0 Å². The summed E-state index contributed by atoms with van der Waals surface area (Å²) in [5, 5.41) is 0.267. The van der Waals surface area contributed by atoms with E-state index < -0.39 is 8.32 Å². The van der Waals surface area contributed by atoms with Crippen molar-refractivity contribution in [3.63, 3.8) is 0 Å². The van der Waals surface area contributed by atoms with Gasteiger partial charge in [-0.05, 0) is 30.1 Å². The van der Waals surface area contributed by atoms with E-state index in [4.69, 9.17) is 4.43 Å². The molecule has 1 nitrogen and oxygen atoms in total. The molecule has 0 aliphatic carbocycles. The van der Waals surface area contributed by atoms with Crippen LogP contribution in [0.25, 0.3) is 0 Å². The van der Waals surface area contributed by atoms with Crippen molar-refractivity contribution in [3.8, 4) is 0 Å². The molecule has 0 rings (SSSR count). The highest BCUT2D eigenvalue weighted by molar-refractivity contribution is 6.74. The number of allylic oxidation sites excluding steroid dienone is 2. The molecule has 0 aromatic carbocycles. The quantitative estimate of drug-likeness (QED) is 0.379. The van der Waals surface area contributed by atoms with E-state index in [1.807, 2.05) is 12.3 Å². The summed E-state index contributed by atoms with van der Waals surface area (Å²) < 4.78 is 5.94. The molecule has 0 aromatic rings. The van der Waals surface area contributed by atoms with Gasteiger partial charge in [0, 0.05) is 0 Å². The van der Waals surface area contributed by atoms with Crippen LogP contribution >= 0.6 is 0 Å². The van der Waals surface area contributed by atoms with E-state index in [2.05, 4.69) is 47.4 Å². The predicted molar refractivity (Wildman–Crippen MR) is 66.9 cm³/mol. The third-order valence-electron chi connectivity index (χ3n) is 2.98. The van der Waals surface area contributed by atoms with Gasteiger partial charge in [-0.3, -0.25) is 0 Å². The van der Waals surface area contributed by atoms with Gasteiger partial charge in [-0.1, -0.05) is 40.3 Å². The van der Waals surface area contributed by atoms with Gasteiger partial charge in [0.05, 0.1) is 6.26 Å². The zero-order valence-corrected chi connectivity index (χ0v) is 11.5. The van der Waals surface area contributed by atoms with Crippen molar-refractivity contribution in [3.05, 3.63) is 24.5 Å². The SMILES string of the molecule is C=C/C(=C/O[Si](C)(C)C(C)(C)C)CC. The fourth-order valence-electron chi connectivity index (χ4n) is 0.676. The predicted octanol–water partition coefficient (Wildman–Crippen LogP) is 4.49. The summed E-state index contributed by atoms with van der Waals surface area (Å²) in [6.45, 7) is 17.1. The molecule has 0 saturated heterocycles. The van der Waals surface area contributed by atoms with Gasteiger partial charge >= 0.3 is 0 Å². The van der Waals surface area contributed by atoms with Gasteiger partial charge in [0.2, 0.25) is 8.32 Å². The molecule has 0 atom stereocenters. The van der Waals surface area contributed by atoms with Crippen molar-refractivity contribution >= 4 is 8.32 Å². The van der Waals surface area contributed by atoms with Crippen LogP contribution in [0.1, 0.15) is 34.1 Å². The van der Waals surface area contributed by atoms with Gasteiger partial charge in [0.1, 0.15) is 0 Å². The summed E-state index contributed by atoms with van der Waals surface area (Å²) in [6.07, 6.45) is 4.75. The Morgan fingerprint density at radius 1 is 1.36 bits per heavy atom. The Balaban J connectivity index is 4.52. The summed E-state index contributed by atoms with van der Waals surface area (Å²) in [6, 6.07) is 0. The fraction of sp³-hybridized carbons (Fsp3) is 0.667. The highest BCUT2D eigenvalue weighted by Crippen LogP contribution is 2.36. The van der Waals surface area contributed by atoms with Crippen LogP contribution in [0.5, 0.6) is 0 Å². The Labute approximate surface area is 90.0 Å². The first kappa shape index (κ1) is 13.5. The third-order valence-corrected chi connectivity index (χ3v) is 7.30. The zero-order valence-electron chi connectivity index (χ0n) is 10.5. The molecule has 0 unspecified atom stereocenters. The maximum absolute atomic E-state index is 5.94. The summed E-state index contributed by atoms with van der Waals surface area (Å²) >= 11 is 0. The normalized spacial score (nSPS) is 14.0. The van der Waals surface area contributed by atoms with Crippen LogP contribution in [-0.2, 0) is 4.43 Å². The highest BCUT2D eigenvalue weighted by atomic mass is 28.4. The Kier molecular flexibility index (Phi) is 4.65. The fourth-order valence-corrected chi connectivity index (χ4v) is 1.48. The molecule has 0 amide bonds.